The van der Waals surface area contributed by atoms with Gasteiger partial charge in [-0.1, -0.05) is 6.42 Å². The number of ether oxygens (including phenoxy) is 1. The Morgan fingerprint density at radius 2 is 2.11 bits per heavy atom. The number of carbonyl (C=O) groups is 1. The Morgan fingerprint density at radius 3 is 2.79 bits per heavy atom. The Hall–Kier alpha value is -1.85. The molecule has 1 N–H and O–H groups in total. The van der Waals surface area contributed by atoms with E-state index >= 15 is 0 Å². The number of fused-ring (bicyclic) bond motifs is 1. The number of nitrogens with one attached hydrogen (secondary N) is 1. The maximum absolute atomic E-state index is 12.2. The van der Waals surface area contributed by atoms with Gasteiger partial charge in [-0.05, 0) is 24.7 Å². The van der Waals surface area contributed by atoms with Gasteiger partial charge in [0.25, 0.3) is 0 Å². The molecule has 1 saturated carbocycles. The van der Waals surface area contributed by atoms with Crippen molar-refractivity contribution in [2.45, 2.75) is 19.3 Å². The third kappa shape index (κ3) is 2.47. The van der Waals surface area contributed by atoms with Gasteiger partial charge in [0.05, 0.1) is 7.11 Å². The minimum atomic E-state index is -0.0739. The van der Waals surface area contributed by atoms with E-state index in [0.29, 0.717) is 23.5 Å². The molecule has 2 amide bonds. The lowest BCUT2D eigenvalue weighted by Crippen LogP contribution is -2.33. The van der Waals surface area contributed by atoms with E-state index < -0.39 is 0 Å². The summed E-state index contributed by atoms with van der Waals surface area (Å²) in [5.41, 5.74) is 0. The number of urea groups is 1. The zero-order valence-electron chi connectivity index (χ0n) is 11.0. The number of nitrogens with zero attached hydrogens (tertiary/aromatic N) is 3. The summed E-state index contributed by atoms with van der Waals surface area (Å²) in [7, 11) is 1.54. The molecule has 0 bridgehead atoms. The van der Waals surface area contributed by atoms with Crippen LogP contribution in [0.15, 0.2) is 12.4 Å². The first kappa shape index (κ1) is 12.2. The molecule has 2 atom stereocenters. The highest BCUT2D eigenvalue weighted by atomic mass is 16.5. The van der Waals surface area contributed by atoms with Gasteiger partial charge in [0.1, 0.15) is 12.1 Å². The minimum absolute atomic E-state index is 0.0739. The SMILES string of the molecule is COc1cc(NC(=O)N2C[C@H]3CCC[C@@H]3C2)ncn1. The molecule has 3 rings (SSSR count). The number of rotatable bonds is 2. The Balaban J connectivity index is 1.62. The first-order valence-electron chi connectivity index (χ1n) is 6.68. The van der Waals surface area contributed by atoms with Crippen molar-refractivity contribution in [3.63, 3.8) is 0 Å². The van der Waals surface area contributed by atoms with Crippen LogP contribution in [0.4, 0.5) is 10.6 Å². The first-order chi connectivity index (χ1) is 9.26. The predicted molar refractivity (Wildman–Crippen MR) is 70.0 cm³/mol. The summed E-state index contributed by atoms with van der Waals surface area (Å²) < 4.78 is 5.01. The third-order valence-electron chi connectivity index (χ3n) is 4.10. The van der Waals surface area contributed by atoms with Gasteiger partial charge >= 0.3 is 6.03 Å². The van der Waals surface area contributed by atoms with E-state index in [4.69, 9.17) is 4.74 Å². The smallest absolute Gasteiger partial charge is 0.323 e. The fourth-order valence-corrected chi connectivity index (χ4v) is 3.11. The number of hydrogen-bond donors (Lipinski definition) is 1. The second kappa shape index (κ2) is 5.03. The molecular formula is C13H18N4O2. The van der Waals surface area contributed by atoms with Gasteiger partial charge in [-0.15, -0.1) is 0 Å². The lowest BCUT2D eigenvalue weighted by atomic mass is 10.0. The van der Waals surface area contributed by atoms with Gasteiger partial charge in [-0.25, -0.2) is 14.8 Å². The lowest BCUT2D eigenvalue weighted by Gasteiger charge is -2.17. The number of aromatic nitrogens is 2. The summed E-state index contributed by atoms with van der Waals surface area (Å²) in [6.45, 7) is 1.75. The van der Waals surface area contributed by atoms with Gasteiger partial charge in [0.15, 0.2) is 0 Å². The van der Waals surface area contributed by atoms with Crippen LogP contribution in [0.5, 0.6) is 5.88 Å². The van der Waals surface area contributed by atoms with Gasteiger partial charge in [0, 0.05) is 19.2 Å². The molecular weight excluding hydrogens is 244 g/mol. The Labute approximate surface area is 112 Å². The van der Waals surface area contributed by atoms with E-state index in [1.54, 1.807) is 6.07 Å². The molecule has 0 radical (unpaired) electrons. The Morgan fingerprint density at radius 1 is 1.37 bits per heavy atom. The molecule has 1 aliphatic heterocycles. The van der Waals surface area contributed by atoms with Crippen molar-refractivity contribution in [1.82, 2.24) is 14.9 Å². The highest BCUT2D eigenvalue weighted by Gasteiger charge is 2.38. The number of methoxy groups -OCH3 is 1. The predicted octanol–water partition coefficient (Wildman–Crippen LogP) is 1.75. The molecule has 6 nitrogen and oxygen atoms in total. The van der Waals surface area contributed by atoms with E-state index in [1.807, 2.05) is 4.90 Å². The summed E-state index contributed by atoms with van der Waals surface area (Å²) in [5.74, 6) is 2.33. The van der Waals surface area contributed by atoms with Crippen LogP contribution in [-0.4, -0.2) is 41.1 Å². The van der Waals surface area contributed by atoms with Crippen molar-refractivity contribution >= 4 is 11.8 Å². The lowest BCUT2D eigenvalue weighted by molar-refractivity contribution is 0.218. The number of hydrogen-bond acceptors (Lipinski definition) is 4. The van der Waals surface area contributed by atoms with Gasteiger partial charge in [0.2, 0.25) is 5.88 Å². The molecule has 2 heterocycles. The maximum Gasteiger partial charge on any atom is 0.323 e. The van der Waals surface area contributed by atoms with Crippen LogP contribution in [0.25, 0.3) is 0 Å². The van der Waals surface area contributed by atoms with E-state index in [1.165, 1.54) is 32.7 Å². The van der Waals surface area contributed by atoms with E-state index in [2.05, 4.69) is 15.3 Å². The molecule has 0 aromatic carbocycles. The minimum Gasteiger partial charge on any atom is -0.481 e. The average Bonchev–Trinajstić information content (AvgIpc) is 2.99. The van der Waals surface area contributed by atoms with Crippen molar-refractivity contribution in [2.24, 2.45) is 11.8 Å². The highest BCUT2D eigenvalue weighted by molar-refractivity contribution is 5.88. The summed E-state index contributed by atoms with van der Waals surface area (Å²) in [6.07, 6.45) is 5.21. The van der Waals surface area contributed by atoms with Gasteiger partial charge in [-0.2, -0.15) is 0 Å². The van der Waals surface area contributed by atoms with Crippen LogP contribution in [0.2, 0.25) is 0 Å². The molecule has 1 aromatic rings. The monoisotopic (exact) mass is 262 g/mol. The standard InChI is InChI=1S/C13H18N4O2/c1-19-12-5-11(14-8-15-12)16-13(18)17-6-9-3-2-4-10(9)7-17/h5,8-10H,2-4,6-7H2,1H3,(H,14,15,16,18)/t9-,10-/m1/s1. The average molecular weight is 262 g/mol. The van der Waals surface area contributed by atoms with Crippen molar-refractivity contribution in [3.8, 4) is 5.88 Å². The Bertz CT molecular complexity index is 467. The molecule has 2 aliphatic rings. The zero-order chi connectivity index (χ0) is 13.2. The van der Waals surface area contributed by atoms with Crippen molar-refractivity contribution in [2.75, 3.05) is 25.5 Å². The normalized spacial score (nSPS) is 25.2. The highest BCUT2D eigenvalue weighted by Crippen LogP contribution is 2.37. The quantitative estimate of drug-likeness (QED) is 0.881. The van der Waals surface area contributed by atoms with Crippen LogP contribution in [0.1, 0.15) is 19.3 Å². The van der Waals surface area contributed by atoms with Crippen LogP contribution in [-0.2, 0) is 0 Å². The van der Waals surface area contributed by atoms with Crippen LogP contribution in [0, 0.1) is 11.8 Å². The van der Waals surface area contributed by atoms with Crippen molar-refractivity contribution < 1.29 is 9.53 Å². The molecule has 0 unspecified atom stereocenters. The number of amides is 2. The van der Waals surface area contributed by atoms with E-state index in [0.717, 1.165) is 13.1 Å². The summed E-state index contributed by atoms with van der Waals surface area (Å²) in [4.78, 5) is 22.0. The second-order valence-electron chi connectivity index (χ2n) is 5.23. The summed E-state index contributed by atoms with van der Waals surface area (Å²) >= 11 is 0. The van der Waals surface area contributed by atoms with E-state index in [9.17, 15) is 4.79 Å². The fourth-order valence-electron chi connectivity index (χ4n) is 3.11. The van der Waals surface area contributed by atoms with Crippen LogP contribution in [0.3, 0.4) is 0 Å². The molecule has 0 spiro atoms. The molecule has 102 valence electrons. The molecule has 1 aromatic heterocycles. The maximum atomic E-state index is 12.2. The van der Waals surface area contributed by atoms with Crippen molar-refractivity contribution in [1.29, 1.82) is 0 Å². The summed E-state index contributed by atoms with van der Waals surface area (Å²) in [6, 6.07) is 1.55. The number of anilines is 1. The number of likely N-dealkylation sites (tertiary alicyclic amines) is 1. The molecule has 6 heteroatoms. The molecule has 1 saturated heterocycles. The van der Waals surface area contributed by atoms with Crippen LogP contribution >= 0.6 is 0 Å². The molecule has 19 heavy (non-hydrogen) atoms. The zero-order valence-corrected chi connectivity index (χ0v) is 11.0. The Kier molecular flexibility index (Phi) is 3.23. The third-order valence-corrected chi connectivity index (χ3v) is 4.10. The van der Waals surface area contributed by atoms with Crippen molar-refractivity contribution in [3.05, 3.63) is 12.4 Å². The fraction of sp³-hybridized carbons (Fsp3) is 0.615. The topological polar surface area (TPSA) is 67.3 Å². The second-order valence-corrected chi connectivity index (χ2v) is 5.23. The molecule has 2 fully saturated rings. The van der Waals surface area contributed by atoms with E-state index in [-0.39, 0.29) is 6.03 Å². The van der Waals surface area contributed by atoms with Gasteiger partial charge < -0.3 is 9.64 Å². The molecule has 1 aliphatic carbocycles. The number of carbonyl (C=O) groups excluding carboxylic acids is 1. The van der Waals surface area contributed by atoms with Gasteiger partial charge in [-0.3, -0.25) is 5.32 Å². The van der Waals surface area contributed by atoms with Crippen LogP contribution < -0.4 is 10.1 Å². The largest absolute Gasteiger partial charge is 0.481 e. The summed E-state index contributed by atoms with van der Waals surface area (Å²) in [5, 5.41) is 2.80. The first-order valence-corrected chi connectivity index (χ1v) is 6.68.